The van der Waals surface area contributed by atoms with Crippen LogP contribution in [0.1, 0.15) is 12.0 Å². The Balaban J connectivity index is 2.41. The minimum absolute atomic E-state index is 0.156. The minimum atomic E-state index is -0.276. The first kappa shape index (κ1) is 11.3. The maximum atomic E-state index is 13.1. The summed E-state index contributed by atoms with van der Waals surface area (Å²) in [7, 11) is 0. The van der Waals surface area contributed by atoms with E-state index in [1.165, 1.54) is 6.07 Å². The molecule has 0 unspecified atom stereocenters. The van der Waals surface area contributed by atoms with Gasteiger partial charge in [-0.2, -0.15) is 0 Å². The van der Waals surface area contributed by atoms with E-state index in [1.807, 2.05) is 0 Å². The van der Waals surface area contributed by atoms with Gasteiger partial charge in [0.25, 0.3) is 0 Å². The molecule has 0 aliphatic rings. The highest BCUT2D eigenvalue weighted by Crippen LogP contribution is 2.08. The van der Waals surface area contributed by atoms with Gasteiger partial charge in [-0.15, -0.1) is 6.42 Å². The third-order valence-corrected chi connectivity index (χ3v) is 1.97. The van der Waals surface area contributed by atoms with Gasteiger partial charge in [0, 0.05) is 6.42 Å². The summed E-state index contributed by atoms with van der Waals surface area (Å²) in [5.74, 6) is 1.87. The zero-order chi connectivity index (χ0) is 11.1. The van der Waals surface area contributed by atoms with Crippen molar-refractivity contribution >= 4 is 5.91 Å². The van der Waals surface area contributed by atoms with Crippen molar-refractivity contribution in [2.75, 3.05) is 6.54 Å². The average molecular weight is 205 g/mol. The molecule has 1 aromatic rings. The molecular formula is C12H12FNO. The Morgan fingerprint density at radius 3 is 2.87 bits per heavy atom. The second-order valence-electron chi connectivity index (χ2n) is 3.07. The van der Waals surface area contributed by atoms with Crippen molar-refractivity contribution in [2.24, 2.45) is 0 Å². The van der Waals surface area contributed by atoms with Crippen LogP contribution in [0.25, 0.3) is 0 Å². The molecule has 0 aliphatic heterocycles. The summed E-state index contributed by atoms with van der Waals surface area (Å²) >= 11 is 0. The minimum Gasteiger partial charge on any atom is -0.345 e. The van der Waals surface area contributed by atoms with Crippen LogP contribution in [-0.2, 0) is 11.2 Å². The first-order valence-electron chi connectivity index (χ1n) is 4.67. The number of aryl methyl sites for hydroxylation is 1. The summed E-state index contributed by atoms with van der Waals surface area (Å²) in [5, 5.41) is 2.52. The lowest BCUT2D eigenvalue weighted by molar-refractivity contribution is -0.120. The van der Waals surface area contributed by atoms with E-state index in [0.717, 1.165) is 0 Å². The van der Waals surface area contributed by atoms with Crippen molar-refractivity contribution in [3.63, 3.8) is 0 Å². The maximum Gasteiger partial charge on any atom is 0.221 e. The Morgan fingerprint density at radius 2 is 2.20 bits per heavy atom. The van der Waals surface area contributed by atoms with Crippen LogP contribution in [0.5, 0.6) is 0 Å². The standard InChI is InChI=1S/C12H12FNO/c1-2-9-14-12(15)8-7-10-5-3-4-6-11(10)13/h1,3-6H,7-9H2,(H,14,15). The molecule has 15 heavy (non-hydrogen) atoms. The van der Waals surface area contributed by atoms with Crippen molar-refractivity contribution in [3.8, 4) is 12.3 Å². The highest BCUT2D eigenvalue weighted by Gasteiger charge is 2.04. The van der Waals surface area contributed by atoms with E-state index in [2.05, 4.69) is 11.2 Å². The van der Waals surface area contributed by atoms with Crippen LogP contribution in [0.3, 0.4) is 0 Å². The number of terminal acetylenes is 1. The Kier molecular flexibility index (Phi) is 4.36. The highest BCUT2D eigenvalue weighted by atomic mass is 19.1. The second-order valence-corrected chi connectivity index (χ2v) is 3.07. The molecular weight excluding hydrogens is 193 g/mol. The number of halogens is 1. The van der Waals surface area contributed by atoms with Gasteiger partial charge in [-0.3, -0.25) is 4.79 Å². The Morgan fingerprint density at radius 1 is 1.47 bits per heavy atom. The summed E-state index contributed by atoms with van der Waals surface area (Å²) in [5.41, 5.74) is 0.549. The lowest BCUT2D eigenvalue weighted by Gasteiger charge is -2.02. The molecule has 2 nitrogen and oxygen atoms in total. The van der Waals surface area contributed by atoms with Crippen LogP contribution in [0.4, 0.5) is 4.39 Å². The van der Waals surface area contributed by atoms with Crippen LogP contribution >= 0.6 is 0 Å². The van der Waals surface area contributed by atoms with Gasteiger partial charge in [0.05, 0.1) is 6.54 Å². The van der Waals surface area contributed by atoms with Crippen molar-refractivity contribution < 1.29 is 9.18 Å². The summed E-state index contributed by atoms with van der Waals surface area (Å²) in [4.78, 5) is 11.2. The topological polar surface area (TPSA) is 29.1 Å². The fraction of sp³-hybridized carbons (Fsp3) is 0.250. The molecule has 78 valence electrons. The molecule has 1 aromatic carbocycles. The third-order valence-electron chi connectivity index (χ3n) is 1.97. The van der Waals surface area contributed by atoms with Crippen molar-refractivity contribution in [1.29, 1.82) is 0 Å². The molecule has 0 heterocycles. The van der Waals surface area contributed by atoms with E-state index in [9.17, 15) is 9.18 Å². The van der Waals surface area contributed by atoms with E-state index >= 15 is 0 Å². The number of benzene rings is 1. The number of hydrogen-bond acceptors (Lipinski definition) is 1. The van der Waals surface area contributed by atoms with E-state index in [1.54, 1.807) is 18.2 Å². The Bertz CT molecular complexity index is 381. The Hall–Kier alpha value is -1.82. The van der Waals surface area contributed by atoms with Crippen LogP contribution in [0.2, 0.25) is 0 Å². The zero-order valence-electron chi connectivity index (χ0n) is 8.29. The lowest BCUT2D eigenvalue weighted by atomic mass is 10.1. The van der Waals surface area contributed by atoms with Crippen LogP contribution in [0.15, 0.2) is 24.3 Å². The van der Waals surface area contributed by atoms with Gasteiger partial charge in [-0.05, 0) is 18.1 Å². The van der Waals surface area contributed by atoms with Gasteiger partial charge in [0.15, 0.2) is 0 Å². The van der Waals surface area contributed by atoms with E-state index in [0.29, 0.717) is 12.0 Å². The summed E-state index contributed by atoms with van der Waals surface area (Å²) < 4.78 is 13.1. The molecule has 1 amide bonds. The van der Waals surface area contributed by atoms with Gasteiger partial charge in [-0.25, -0.2) is 4.39 Å². The quantitative estimate of drug-likeness (QED) is 0.742. The van der Waals surface area contributed by atoms with Gasteiger partial charge >= 0.3 is 0 Å². The predicted molar refractivity (Wildman–Crippen MR) is 56.6 cm³/mol. The van der Waals surface area contributed by atoms with Gasteiger partial charge in [0.1, 0.15) is 5.82 Å². The molecule has 0 saturated heterocycles. The number of hydrogen-bond donors (Lipinski definition) is 1. The van der Waals surface area contributed by atoms with Crippen LogP contribution < -0.4 is 5.32 Å². The number of rotatable bonds is 4. The smallest absolute Gasteiger partial charge is 0.221 e. The number of carbonyl (C=O) groups is 1. The zero-order valence-corrected chi connectivity index (χ0v) is 8.29. The summed E-state index contributed by atoms with van der Waals surface area (Å²) in [6.45, 7) is 0.218. The molecule has 1 rings (SSSR count). The first-order valence-corrected chi connectivity index (χ1v) is 4.67. The molecule has 0 fully saturated rings. The summed E-state index contributed by atoms with van der Waals surface area (Å²) in [6.07, 6.45) is 5.63. The van der Waals surface area contributed by atoms with Crippen molar-refractivity contribution in [1.82, 2.24) is 5.32 Å². The molecule has 0 aromatic heterocycles. The van der Waals surface area contributed by atoms with Crippen LogP contribution in [-0.4, -0.2) is 12.5 Å². The predicted octanol–water partition coefficient (Wildman–Crippen LogP) is 1.51. The molecule has 0 radical (unpaired) electrons. The van der Waals surface area contributed by atoms with Crippen molar-refractivity contribution in [3.05, 3.63) is 35.6 Å². The lowest BCUT2D eigenvalue weighted by Crippen LogP contribution is -2.23. The highest BCUT2D eigenvalue weighted by molar-refractivity contribution is 5.76. The van der Waals surface area contributed by atoms with E-state index in [-0.39, 0.29) is 24.7 Å². The fourth-order valence-electron chi connectivity index (χ4n) is 1.19. The van der Waals surface area contributed by atoms with Crippen molar-refractivity contribution in [2.45, 2.75) is 12.8 Å². The number of nitrogens with one attached hydrogen (secondary N) is 1. The van der Waals surface area contributed by atoms with Gasteiger partial charge in [0.2, 0.25) is 5.91 Å². The molecule has 0 atom stereocenters. The molecule has 3 heteroatoms. The SMILES string of the molecule is C#CCNC(=O)CCc1ccccc1F. The molecule has 0 saturated carbocycles. The van der Waals surface area contributed by atoms with E-state index in [4.69, 9.17) is 6.42 Å². The van der Waals surface area contributed by atoms with Crippen LogP contribution in [0, 0.1) is 18.2 Å². The molecule has 0 bridgehead atoms. The normalized spacial score (nSPS) is 9.33. The third kappa shape index (κ3) is 3.82. The number of amides is 1. The largest absolute Gasteiger partial charge is 0.345 e. The first-order chi connectivity index (χ1) is 7.24. The molecule has 1 N–H and O–H groups in total. The molecule has 0 aliphatic carbocycles. The van der Waals surface area contributed by atoms with Gasteiger partial charge < -0.3 is 5.32 Å². The van der Waals surface area contributed by atoms with Gasteiger partial charge in [-0.1, -0.05) is 24.1 Å². The average Bonchev–Trinajstić information content (AvgIpc) is 2.25. The monoisotopic (exact) mass is 205 g/mol. The van der Waals surface area contributed by atoms with E-state index < -0.39 is 0 Å². The fourth-order valence-corrected chi connectivity index (χ4v) is 1.19. The number of carbonyl (C=O) groups excluding carboxylic acids is 1. The molecule has 0 spiro atoms. The summed E-state index contributed by atoms with van der Waals surface area (Å²) in [6, 6.07) is 6.42. The maximum absolute atomic E-state index is 13.1. The Labute approximate surface area is 88.5 Å². The second kappa shape index (κ2) is 5.82.